The predicted octanol–water partition coefficient (Wildman–Crippen LogP) is 6.46. The van der Waals surface area contributed by atoms with Crippen molar-refractivity contribution in [2.75, 3.05) is 31.1 Å². The highest BCUT2D eigenvalue weighted by atomic mass is 35.5. The molecule has 0 spiro atoms. The minimum absolute atomic E-state index is 0. The molecule has 1 amide bonds. The summed E-state index contributed by atoms with van der Waals surface area (Å²) >= 11 is 13.8. The van der Waals surface area contributed by atoms with E-state index in [1.54, 1.807) is 4.90 Å². The van der Waals surface area contributed by atoms with Gasteiger partial charge in [0.1, 0.15) is 5.82 Å². The number of rotatable bonds is 7. The molecule has 0 radical (unpaired) electrons. The highest BCUT2D eigenvalue weighted by molar-refractivity contribution is 7.22. The molecule has 3 rings (SSSR count). The van der Waals surface area contributed by atoms with E-state index in [2.05, 4.69) is 18.7 Å². The Bertz CT molecular complexity index is 1040. The number of carbonyl (C=O) groups is 1. The minimum atomic E-state index is -0.480. The molecule has 0 saturated carbocycles. The molecule has 3 aromatic rings. The normalized spacial score (nSPS) is 11.0. The molecule has 0 atom stereocenters. The Morgan fingerprint density at radius 1 is 1.10 bits per heavy atom. The summed E-state index contributed by atoms with van der Waals surface area (Å²) in [6.07, 6.45) is 0. The van der Waals surface area contributed by atoms with Crippen LogP contribution in [0.15, 0.2) is 30.3 Å². The number of anilines is 1. The van der Waals surface area contributed by atoms with Crippen molar-refractivity contribution in [1.82, 2.24) is 9.88 Å². The van der Waals surface area contributed by atoms with Crippen molar-refractivity contribution < 1.29 is 9.18 Å². The first-order valence-electron chi connectivity index (χ1n) is 9.40. The van der Waals surface area contributed by atoms with Crippen molar-refractivity contribution in [2.24, 2.45) is 0 Å². The van der Waals surface area contributed by atoms with E-state index in [9.17, 15) is 9.18 Å². The van der Waals surface area contributed by atoms with E-state index < -0.39 is 5.82 Å². The van der Waals surface area contributed by atoms with Gasteiger partial charge in [-0.2, -0.15) is 0 Å². The zero-order valence-electron chi connectivity index (χ0n) is 16.9. The van der Waals surface area contributed by atoms with Crippen molar-refractivity contribution in [3.63, 3.8) is 0 Å². The van der Waals surface area contributed by atoms with Crippen LogP contribution in [0, 0.1) is 12.7 Å². The number of aromatic nitrogens is 1. The highest BCUT2D eigenvalue weighted by Gasteiger charge is 2.24. The first-order chi connectivity index (χ1) is 13.8. The van der Waals surface area contributed by atoms with Crippen molar-refractivity contribution in [1.29, 1.82) is 0 Å². The van der Waals surface area contributed by atoms with E-state index in [0.29, 0.717) is 23.2 Å². The Kier molecular flexibility index (Phi) is 8.88. The third-order valence-corrected chi connectivity index (χ3v) is 6.67. The Balaban J connectivity index is 0.00000320. The predicted molar refractivity (Wildman–Crippen MR) is 127 cm³/mol. The zero-order chi connectivity index (χ0) is 21.1. The van der Waals surface area contributed by atoms with Crippen LogP contribution in [0.3, 0.4) is 0 Å². The van der Waals surface area contributed by atoms with Crippen LogP contribution in [-0.2, 0) is 0 Å². The molecule has 9 heteroatoms. The lowest BCUT2D eigenvalue weighted by Crippen LogP contribution is -2.39. The number of aryl methyl sites for hydroxylation is 1. The summed E-state index contributed by atoms with van der Waals surface area (Å²) in [6.45, 7) is 8.96. The van der Waals surface area contributed by atoms with Gasteiger partial charge in [0.2, 0.25) is 0 Å². The molecule has 1 heterocycles. The van der Waals surface area contributed by atoms with E-state index in [0.717, 1.165) is 34.9 Å². The van der Waals surface area contributed by atoms with Crippen LogP contribution in [0.5, 0.6) is 0 Å². The van der Waals surface area contributed by atoms with Gasteiger partial charge in [0, 0.05) is 18.1 Å². The third-order valence-electron chi connectivity index (χ3n) is 4.91. The lowest BCUT2D eigenvalue weighted by molar-refractivity contribution is 0.0984. The van der Waals surface area contributed by atoms with Crippen LogP contribution in [0.25, 0.3) is 10.2 Å². The van der Waals surface area contributed by atoms with Gasteiger partial charge in [-0.3, -0.25) is 9.69 Å². The van der Waals surface area contributed by atoms with E-state index in [-0.39, 0.29) is 28.9 Å². The first kappa shape index (κ1) is 24.8. The van der Waals surface area contributed by atoms with Crippen molar-refractivity contribution in [3.8, 4) is 0 Å². The number of carbonyl (C=O) groups excluding carboxylic acids is 1. The number of fused-ring (bicyclic) bond motifs is 1. The number of nitrogens with zero attached hydrogens (tertiary/aromatic N) is 3. The summed E-state index contributed by atoms with van der Waals surface area (Å²) < 4.78 is 14.4. The molecule has 0 aliphatic heterocycles. The van der Waals surface area contributed by atoms with E-state index in [1.807, 2.05) is 19.1 Å². The lowest BCUT2D eigenvalue weighted by Gasteiger charge is -2.25. The molecule has 0 bridgehead atoms. The van der Waals surface area contributed by atoms with Crippen LogP contribution in [0.2, 0.25) is 10.0 Å². The Morgan fingerprint density at radius 3 is 2.43 bits per heavy atom. The molecule has 4 nitrogen and oxygen atoms in total. The molecular formula is C21H23Cl3FN3OS. The van der Waals surface area contributed by atoms with Crippen LogP contribution in [0.4, 0.5) is 9.52 Å². The summed E-state index contributed by atoms with van der Waals surface area (Å²) in [5.74, 6) is -0.781. The number of benzene rings is 2. The Morgan fingerprint density at radius 2 is 1.80 bits per heavy atom. The quantitative estimate of drug-likeness (QED) is 0.381. The number of hydrogen-bond acceptors (Lipinski definition) is 4. The Hall–Kier alpha value is -1.44. The van der Waals surface area contributed by atoms with Crippen LogP contribution in [0.1, 0.15) is 29.8 Å². The average Bonchev–Trinajstić information content (AvgIpc) is 3.12. The maximum atomic E-state index is 13.5. The summed E-state index contributed by atoms with van der Waals surface area (Å²) in [6, 6.07) is 7.55. The molecule has 162 valence electrons. The fourth-order valence-corrected chi connectivity index (χ4v) is 4.53. The van der Waals surface area contributed by atoms with Gasteiger partial charge in [-0.15, -0.1) is 12.4 Å². The molecule has 0 aliphatic carbocycles. The first-order valence-corrected chi connectivity index (χ1v) is 11.0. The van der Waals surface area contributed by atoms with Crippen LogP contribution in [-0.4, -0.2) is 42.0 Å². The topological polar surface area (TPSA) is 36.4 Å². The van der Waals surface area contributed by atoms with E-state index in [4.69, 9.17) is 28.2 Å². The van der Waals surface area contributed by atoms with Crippen molar-refractivity contribution >= 4 is 68.2 Å². The van der Waals surface area contributed by atoms with Gasteiger partial charge in [0.05, 0.1) is 20.8 Å². The summed E-state index contributed by atoms with van der Waals surface area (Å²) in [5.41, 5.74) is 1.91. The second-order valence-corrected chi connectivity index (χ2v) is 8.45. The van der Waals surface area contributed by atoms with E-state index in [1.165, 1.54) is 23.5 Å². The van der Waals surface area contributed by atoms with Crippen molar-refractivity contribution in [3.05, 3.63) is 57.3 Å². The third kappa shape index (κ3) is 5.24. The molecule has 0 fully saturated rings. The zero-order valence-corrected chi connectivity index (χ0v) is 20.1. The second kappa shape index (κ2) is 10.7. The molecule has 1 aromatic heterocycles. The lowest BCUT2D eigenvalue weighted by atomic mass is 10.2. The smallest absolute Gasteiger partial charge is 0.261 e. The van der Waals surface area contributed by atoms with Crippen LogP contribution >= 0.6 is 46.9 Å². The van der Waals surface area contributed by atoms with Gasteiger partial charge < -0.3 is 4.90 Å². The summed E-state index contributed by atoms with van der Waals surface area (Å²) in [7, 11) is 0. The minimum Gasteiger partial charge on any atom is -0.302 e. The van der Waals surface area contributed by atoms with Crippen molar-refractivity contribution in [2.45, 2.75) is 20.8 Å². The summed E-state index contributed by atoms with van der Waals surface area (Å²) in [5, 5.41) is 1.29. The van der Waals surface area contributed by atoms with Crippen LogP contribution < -0.4 is 4.90 Å². The molecule has 0 unspecified atom stereocenters. The fourth-order valence-electron chi connectivity index (χ4n) is 3.08. The van der Waals surface area contributed by atoms with Gasteiger partial charge in [-0.1, -0.05) is 48.4 Å². The maximum Gasteiger partial charge on any atom is 0.261 e. The largest absolute Gasteiger partial charge is 0.302 e. The van der Waals surface area contributed by atoms with Gasteiger partial charge in [-0.05, 0) is 55.9 Å². The number of likely N-dealkylation sites (N-methyl/N-ethyl adjacent to an activating group) is 1. The van der Waals surface area contributed by atoms with Gasteiger partial charge in [0.25, 0.3) is 5.91 Å². The molecule has 0 N–H and O–H groups in total. The molecule has 2 aromatic carbocycles. The molecule has 0 aliphatic rings. The Labute approximate surface area is 196 Å². The highest BCUT2D eigenvalue weighted by Crippen LogP contribution is 2.34. The monoisotopic (exact) mass is 489 g/mol. The van der Waals surface area contributed by atoms with Gasteiger partial charge in [0.15, 0.2) is 5.13 Å². The SMILES string of the molecule is CCN(CC)CCN(C(=O)c1ccc(F)cc1Cl)c1nc2c(C)c(Cl)ccc2s1.Cl. The molecular weight excluding hydrogens is 468 g/mol. The molecule has 0 saturated heterocycles. The second-order valence-electron chi connectivity index (χ2n) is 6.62. The number of hydrogen-bond donors (Lipinski definition) is 0. The van der Waals surface area contributed by atoms with Gasteiger partial charge in [-0.25, -0.2) is 9.37 Å². The number of amides is 1. The number of thiazole rings is 1. The van der Waals surface area contributed by atoms with Gasteiger partial charge >= 0.3 is 0 Å². The summed E-state index contributed by atoms with van der Waals surface area (Å²) in [4.78, 5) is 21.9. The standard InChI is InChI=1S/C21H22Cl2FN3OS.ClH/c1-4-26(5-2)10-11-27(20(28)15-7-6-14(24)12-17(15)23)21-25-19-13(3)16(22)8-9-18(19)29-21;/h6-9,12H,4-5,10-11H2,1-3H3;1H. The number of halogens is 4. The molecule has 30 heavy (non-hydrogen) atoms. The average molecular weight is 491 g/mol. The maximum absolute atomic E-state index is 13.5. The van der Waals surface area contributed by atoms with E-state index >= 15 is 0 Å². The fraction of sp³-hybridized carbons (Fsp3) is 0.333.